The summed E-state index contributed by atoms with van der Waals surface area (Å²) in [5.41, 5.74) is 2.22. The van der Waals surface area contributed by atoms with Gasteiger partial charge in [0, 0.05) is 5.92 Å². The highest BCUT2D eigenvalue weighted by molar-refractivity contribution is 5.74. The molecule has 0 aliphatic heterocycles. The van der Waals surface area contributed by atoms with Crippen LogP contribution < -0.4 is 4.74 Å². The van der Waals surface area contributed by atoms with Gasteiger partial charge in [0.15, 0.2) is 6.29 Å². The molecule has 0 N–H and O–H groups in total. The first-order valence-corrected chi connectivity index (χ1v) is 8.39. The van der Waals surface area contributed by atoms with E-state index < -0.39 is 0 Å². The minimum Gasteiger partial charge on any atom is -0.494 e. The van der Waals surface area contributed by atoms with Crippen molar-refractivity contribution in [1.82, 2.24) is 15.0 Å². The molecule has 0 saturated heterocycles. The minimum atomic E-state index is 0.269. The van der Waals surface area contributed by atoms with Gasteiger partial charge in [0.2, 0.25) is 0 Å². The van der Waals surface area contributed by atoms with Crippen molar-refractivity contribution >= 4 is 6.29 Å². The third kappa shape index (κ3) is 3.97. The fraction of sp³-hybridized carbons (Fsp3) is 0.500. The van der Waals surface area contributed by atoms with Crippen LogP contribution in [0.15, 0.2) is 24.3 Å². The van der Waals surface area contributed by atoms with E-state index in [1.165, 1.54) is 0 Å². The van der Waals surface area contributed by atoms with Crippen LogP contribution in [-0.2, 0) is 0 Å². The van der Waals surface area contributed by atoms with Crippen molar-refractivity contribution in [2.24, 2.45) is 0 Å². The van der Waals surface area contributed by atoms with Crippen molar-refractivity contribution in [2.75, 3.05) is 6.61 Å². The fourth-order valence-electron chi connectivity index (χ4n) is 2.65. The van der Waals surface area contributed by atoms with E-state index in [9.17, 15) is 4.79 Å². The topological polar surface area (TPSA) is 57.0 Å². The van der Waals surface area contributed by atoms with Gasteiger partial charge in [-0.25, -0.2) is 4.68 Å². The van der Waals surface area contributed by atoms with Gasteiger partial charge in [0.25, 0.3) is 0 Å². The van der Waals surface area contributed by atoms with Gasteiger partial charge in [-0.2, -0.15) is 0 Å². The van der Waals surface area contributed by atoms with Gasteiger partial charge in [-0.3, -0.25) is 4.79 Å². The Morgan fingerprint density at radius 2 is 1.87 bits per heavy atom. The van der Waals surface area contributed by atoms with Crippen LogP contribution in [0.5, 0.6) is 5.75 Å². The molecule has 1 aromatic carbocycles. The average Bonchev–Trinajstić information content (AvgIpc) is 3.01. The number of nitrogens with zero attached hydrogens (tertiary/aromatic N) is 3. The first-order chi connectivity index (χ1) is 11.2. The van der Waals surface area contributed by atoms with E-state index in [1.807, 2.05) is 24.3 Å². The summed E-state index contributed by atoms with van der Waals surface area (Å²) in [7, 11) is 0. The number of aromatic nitrogens is 3. The van der Waals surface area contributed by atoms with Gasteiger partial charge in [-0.1, -0.05) is 32.4 Å². The van der Waals surface area contributed by atoms with Gasteiger partial charge in [0.1, 0.15) is 11.4 Å². The molecule has 0 amide bonds. The predicted molar refractivity (Wildman–Crippen MR) is 90.5 cm³/mol. The minimum absolute atomic E-state index is 0.269. The highest BCUT2D eigenvalue weighted by Crippen LogP contribution is 2.27. The van der Waals surface area contributed by atoms with Crippen molar-refractivity contribution in [1.29, 1.82) is 0 Å². The van der Waals surface area contributed by atoms with E-state index in [-0.39, 0.29) is 5.92 Å². The number of rotatable bonds is 9. The number of ether oxygens (including phenoxy) is 1. The first-order valence-electron chi connectivity index (χ1n) is 8.39. The second kappa shape index (κ2) is 8.46. The molecule has 2 aromatic rings. The summed E-state index contributed by atoms with van der Waals surface area (Å²) in [6.45, 7) is 7.10. The van der Waals surface area contributed by atoms with Crippen LogP contribution in [0.1, 0.15) is 68.6 Å². The summed E-state index contributed by atoms with van der Waals surface area (Å²) in [5.74, 6) is 1.12. The highest BCUT2D eigenvalue weighted by atomic mass is 16.5. The van der Waals surface area contributed by atoms with Crippen molar-refractivity contribution in [3.63, 3.8) is 0 Å². The lowest BCUT2D eigenvalue weighted by Gasteiger charge is -2.15. The number of hydrogen-bond donors (Lipinski definition) is 0. The molecule has 124 valence electrons. The second-order valence-electron chi connectivity index (χ2n) is 5.60. The third-order valence-corrected chi connectivity index (χ3v) is 4.06. The van der Waals surface area contributed by atoms with Crippen molar-refractivity contribution in [2.45, 2.75) is 52.4 Å². The monoisotopic (exact) mass is 315 g/mol. The maximum Gasteiger partial charge on any atom is 0.172 e. The summed E-state index contributed by atoms with van der Waals surface area (Å²) in [6.07, 6.45) is 4.85. The van der Waals surface area contributed by atoms with Gasteiger partial charge in [-0.15, -0.1) is 5.10 Å². The van der Waals surface area contributed by atoms with Crippen LogP contribution in [0.25, 0.3) is 5.69 Å². The van der Waals surface area contributed by atoms with Crippen molar-refractivity contribution < 1.29 is 9.53 Å². The van der Waals surface area contributed by atoms with Gasteiger partial charge >= 0.3 is 0 Å². The van der Waals surface area contributed by atoms with E-state index in [0.717, 1.165) is 55.7 Å². The Hall–Kier alpha value is -2.17. The Morgan fingerprint density at radius 3 is 2.43 bits per heavy atom. The number of carbonyl (C=O) groups is 1. The number of carbonyl (C=O) groups excluding carboxylic acids is 1. The molecular formula is C18H25N3O2. The molecule has 2 rings (SSSR count). The zero-order chi connectivity index (χ0) is 16.7. The van der Waals surface area contributed by atoms with Gasteiger partial charge in [0.05, 0.1) is 18.0 Å². The molecule has 0 bridgehead atoms. The van der Waals surface area contributed by atoms with E-state index in [0.29, 0.717) is 5.69 Å². The van der Waals surface area contributed by atoms with Crippen molar-refractivity contribution in [3.8, 4) is 11.4 Å². The number of benzene rings is 1. The molecule has 5 heteroatoms. The summed E-state index contributed by atoms with van der Waals surface area (Å²) >= 11 is 0. The van der Waals surface area contributed by atoms with Crippen LogP contribution in [-0.4, -0.2) is 27.9 Å². The summed E-state index contributed by atoms with van der Waals surface area (Å²) in [6, 6.07) is 7.78. The number of hydrogen-bond acceptors (Lipinski definition) is 4. The Kier molecular flexibility index (Phi) is 6.32. The first kappa shape index (κ1) is 17.2. The summed E-state index contributed by atoms with van der Waals surface area (Å²) in [5, 5.41) is 8.20. The van der Waals surface area contributed by atoms with Crippen LogP contribution in [0, 0.1) is 0 Å². The summed E-state index contributed by atoms with van der Waals surface area (Å²) in [4.78, 5) is 11.3. The molecule has 1 aromatic heterocycles. The SMILES string of the molecule is CCCCOc1ccc(-n2nnc(C=O)c2C(CC)CC)cc1. The molecule has 0 saturated carbocycles. The van der Waals surface area contributed by atoms with Crippen LogP contribution in [0.3, 0.4) is 0 Å². The lowest BCUT2D eigenvalue weighted by Crippen LogP contribution is -2.08. The Morgan fingerprint density at radius 1 is 1.17 bits per heavy atom. The van der Waals surface area contributed by atoms with Crippen molar-refractivity contribution in [3.05, 3.63) is 35.7 Å². The molecule has 0 unspecified atom stereocenters. The molecule has 0 atom stereocenters. The smallest absolute Gasteiger partial charge is 0.172 e. The van der Waals surface area contributed by atoms with E-state index in [4.69, 9.17) is 4.74 Å². The number of aldehydes is 1. The molecule has 0 fully saturated rings. The lowest BCUT2D eigenvalue weighted by molar-refractivity contribution is 0.111. The number of unbranched alkanes of at least 4 members (excludes halogenated alkanes) is 1. The molecule has 0 spiro atoms. The molecule has 5 nitrogen and oxygen atoms in total. The van der Waals surface area contributed by atoms with Crippen LogP contribution >= 0.6 is 0 Å². The van der Waals surface area contributed by atoms with Gasteiger partial charge < -0.3 is 4.74 Å². The van der Waals surface area contributed by atoms with Crippen LogP contribution in [0.2, 0.25) is 0 Å². The Labute approximate surface area is 137 Å². The van der Waals surface area contributed by atoms with E-state index >= 15 is 0 Å². The quantitative estimate of drug-likeness (QED) is 0.515. The Bertz CT molecular complexity index is 616. The van der Waals surface area contributed by atoms with E-state index in [2.05, 4.69) is 31.1 Å². The molecule has 0 aliphatic carbocycles. The molecule has 0 radical (unpaired) electrons. The standard InChI is InChI=1S/C18H25N3O2/c1-4-7-12-23-16-10-8-15(9-11-16)21-18(14(5-2)6-3)17(13-22)19-20-21/h8-11,13-14H,4-7,12H2,1-3H3. The van der Waals surface area contributed by atoms with E-state index in [1.54, 1.807) is 4.68 Å². The summed E-state index contributed by atoms with van der Waals surface area (Å²) < 4.78 is 7.46. The predicted octanol–water partition coefficient (Wildman–Crippen LogP) is 4.16. The van der Waals surface area contributed by atoms with Crippen LogP contribution in [0.4, 0.5) is 0 Å². The maximum absolute atomic E-state index is 11.3. The Balaban J connectivity index is 2.27. The normalized spacial score (nSPS) is 11.0. The zero-order valence-electron chi connectivity index (χ0n) is 14.2. The zero-order valence-corrected chi connectivity index (χ0v) is 14.2. The molecular weight excluding hydrogens is 290 g/mol. The fourth-order valence-corrected chi connectivity index (χ4v) is 2.65. The molecule has 0 aliphatic rings. The average molecular weight is 315 g/mol. The molecule has 23 heavy (non-hydrogen) atoms. The maximum atomic E-state index is 11.3. The molecule has 1 heterocycles. The second-order valence-corrected chi connectivity index (χ2v) is 5.60. The lowest BCUT2D eigenvalue weighted by atomic mass is 9.97. The van der Waals surface area contributed by atoms with Gasteiger partial charge in [-0.05, 0) is 43.5 Å². The third-order valence-electron chi connectivity index (χ3n) is 4.06. The largest absolute Gasteiger partial charge is 0.494 e. The highest BCUT2D eigenvalue weighted by Gasteiger charge is 2.20.